The molecule has 1 aromatic rings. The molecule has 0 heterocycles. The molecule has 2 rings (SSSR count). The van der Waals surface area contributed by atoms with E-state index < -0.39 is 11.7 Å². The fourth-order valence-electron chi connectivity index (χ4n) is 2.21. The Balaban J connectivity index is 2.53. The minimum Gasteiger partial charge on any atom is -0.192 e. The molecular weight excluding hydrogens is 239 g/mol. The van der Waals surface area contributed by atoms with Crippen molar-refractivity contribution in [3.05, 3.63) is 41.0 Å². The van der Waals surface area contributed by atoms with Crippen molar-refractivity contribution in [2.24, 2.45) is 0 Å². The first-order valence-electron chi connectivity index (χ1n) is 5.83. The molecule has 94 valence electrons. The zero-order chi connectivity index (χ0) is 13.2. The number of nitriles is 1. The SMILES string of the molecule is N#Cc1ccc(C2=CCCCC2)c(C(F)(F)F)c1. The van der Waals surface area contributed by atoms with Crippen molar-refractivity contribution >= 4 is 5.57 Å². The van der Waals surface area contributed by atoms with Crippen molar-refractivity contribution < 1.29 is 13.2 Å². The molecule has 1 nitrogen and oxygen atoms in total. The summed E-state index contributed by atoms with van der Waals surface area (Å²) in [4.78, 5) is 0. The third-order valence-electron chi connectivity index (χ3n) is 3.09. The molecule has 0 amide bonds. The van der Waals surface area contributed by atoms with Crippen LogP contribution in [0.3, 0.4) is 0 Å². The van der Waals surface area contributed by atoms with E-state index in [1.165, 1.54) is 12.1 Å². The van der Waals surface area contributed by atoms with Crippen LogP contribution >= 0.6 is 0 Å². The lowest BCUT2D eigenvalue weighted by molar-refractivity contribution is -0.137. The molecule has 0 saturated heterocycles. The van der Waals surface area contributed by atoms with E-state index in [2.05, 4.69) is 0 Å². The molecule has 1 aliphatic carbocycles. The van der Waals surface area contributed by atoms with Crippen LogP contribution in [-0.2, 0) is 6.18 Å². The Hall–Kier alpha value is -1.76. The minimum atomic E-state index is -4.42. The van der Waals surface area contributed by atoms with Crippen LogP contribution in [0.15, 0.2) is 24.3 Å². The van der Waals surface area contributed by atoms with Gasteiger partial charge in [-0.05, 0) is 49.0 Å². The predicted octanol–water partition coefficient (Wildman–Crippen LogP) is 4.53. The van der Waals surface area contributed by atoms with Crippen LogP contribution in [0.5, 0.6) is 0 Å². The molecule has 0 radical (unpaired) electrons. The lowest BCUT2D eigenvalue weighted by atomic mass is 9.90. The summed E-state index contributed by atoms with van der Waals surface area (Å²) < 4.78 is 38.9. The van der Waals surface area contributed by atoms with Gasteiger partial charge in [-0.2, -0.15) is 18.4 Å². The molecule has 0 spiro atoms. The van der Waals surface area contributed by atoms with Crippen molar-refractivity contribution in [2.75, 3.05) is 0 Å². The van der Waals surface area contributed by atoms with E-state index in [1.54, 1.807) is 6.07 Å². The maximum absolute atomic E-state index is 13.0. The second-order valence-electron chi connectivity index (χ2n) is 4.35. The molecule has 0 unspecified atom stereocenters. The van der Waals surface area contributed by atoms with Gasteiger partial charge < -0.3 is 0 Å². The molecular formula is C14H12F3N. The highest BCUT2D eigenvalue weighted by molar-refractivity contribution is 5.70. The van der Waals surface area contributed by atoms with E-state index in [1.807, 2.05) is 6.08 Å². The molecule has 1 aliphatic rings. The van der Waals surface area contributed by atoms with E-state index >= 15 is 0 Å². The Morgan fingerprint density at radius 2 is 1.94 bits per heavy atom. The minimum absolute atomic E-state index is 0.0440. The van der Waals surface area contributed by atoms with Gasteiger partial charge in [-0.25, -0.2) is 0 Å². The van der Waals surface area contributed by atoms with Crippen molar-refractivity contribution in [3.63, 3.8) is 0 Å². The molecule has 0 atom stereocenters. The van der Waals surface area contributed by atoms with E-state index in [9.17, 15) is 13.2 Å². The second kappa shape index (κ2) is 4.85. The highest BCUT2D eigenvalue weighted by atomic mass is 19.4. The topological polar surface area (TPSA) is 23.8 Å². The van der Waals surface area contributed by atoms with Gasteiger partial charge in [-0.3, -0.25) is 0 Å². The Morgan fingerprint density at radius 3 is 2.50 bits per heavy atom. The number of hydrogen-bond donors (Lipinski definition) is 0. The first-order valence-corrected chi connectivity index (χ1v) is 5.83. The highest BCUT2D eigenvalue weighted by Gasteiger charge is 2.34. The summed E-state index contributed by atoms with van der Waals surface area (Å²) in [6, 6.07) is 5.55. The second-order valence-corrected chi connectivity index (χ2v) is 4.35. The van der Waals surface area contributed by atoms with Crippen LogP contribution in [0.2, 0.25) is 0 Å². The highest BCUT2D eigenvalue weighted by Crippen LogP contribution is 2.38. The first kappa shape index (κ1) is 12.7. The predicted molar refractivity (Wildman–Crippen MR) is 62.6 cm³/mol. The Kier molecular flexibility index (Phi) is 3.42. The molecule has 4 heteroatoms. The van der Waals surface area contributed by atoms with Gasteiger partial charge in [0.15, 0.2) is 0 Å². The Bertz CT molecular complexity index is 521. The zero-order valence-corrected chi connectivity index (χ0v) is 9.72. The molecule has 18 heavy (non-hydrogen) atoms. The number of rotatable bonds is 1. The van der Waals surface area contributed by atoms with Crippen LogP contribution in [0.1, 0.15) is 42.4 Å². The number of benzene rings is 1. The number of hydrogen-bond acceptors (Lipinski definition) is 1. The number of allylic oxidation sites excluding steroid dienone is 2. The smallest absolute Gasteiger partial charge is 0.192 e. The quantitative estimate of drug-likeness (QED) is 0.719. The summed E-state index contributed by atoms with van der Waals surface area (Å²) in [5.41, 5.74) is 0.316. The summed E-state index contributed by atoms with van der Waals surface area (Å²) in [6.45, 7) is 0. The molecule has 0 bridgehead atoms. The molecule has 0 N–H and O–H groups in total. The van der Waals surface area contributed by atoms with Gasteiger partial charge in [0.25, 0.3) is 0 Å². The van der Waals surface area contributed by atoms with Crippen LogP contribution in [0.4, 0.5) is 13.2 Å². The third kappa shape index (κ3) is 2.56. The van der Waals surface area contributed by atoms with Gasteiger partial charge in [0.2, 0.25) is 0 Å². The molecule has 0 aliphatic heterocycles. The average molecular weight is 251 g/mol. The maximum Gasteiger partial charge on any atom is 0.417 e. The summed E-state index contributed by atoms with van der Waals surface area (Å²) in [7, 11) is 0. The zero-order valence-electron chi connectivity index (χ0n) is 9.72. The van der Waals surface area contributed by atoms with Gasteiger partial charge in [0.1, 0.15) is 0 Å². The largest absolute Gasteiger partial charge is 0.417 e. The van der Waals surface area contributed by atoms with Gasteiger partial charge in [0.05, 0.1) is 17.2 Å². The van der Waals surface area contributed by atoms with Gasteiger partial charge in [-0.15, -0.1) is 0 Å². The number of nitrogens with zero attached hydrogens (tertiary/aromatic N) is 1. The lowest BCUT2D eigenvalue weighted by Crippen LogP contribution is -2.10. The summed E-state index contributed by atoms with van der Waals surface area (Å²) >= 11 is 0. The maximum atomic E-state index is 13.0. The van der Waals surface area contributed by atoms with Crippen molar-refractivity contribution in [1.29, 1.82) is 5.26 Å². The average Bonchev–Trinajstić information content (AvgIpc) is 2.38. The summed E-state index contributed by atoms with van der Waals surface area (Å²) in [6.07, 6.45) is 0.909. The Labute approximate surface area is 104 Å². The van der Waals surface area contributed by atoms with Crippen molar-refractivity contribution in [3.8, 4) is 6.07 Å². The van der Waals surface area contributed by atoms with Crippen LogP contribution in [0, 0.1) is 11.3 Å². The van der Waals surface area contributed by atoms with Crippen LogP contribution < -0.4 is 0 Å². The normalized spacial score (nSPS) is 16.0. The van der Waals surface area contributed by atoms with Gasteiger partial charge in [-0.1, -0.05) is 12.1 Å². The van der Waals surface area contributed by atoms with E-state index in [0.717, 1.165) is 30.9 Å². The fraction of sp³-hybridized carbons (Fsp3) is 0.357. The fourth-order valence-corrected chi connectivity index (χ4v) is 2.21. The number of halogens is 3. The Morgan fingerprint density at radius 1 is 1.17 bits per heavy atom. The summed E-state index contributed by atoms with van der Waals surface area (Å²) in [5.74, 6) is 0. The van der Waals surface area contributed by atoms with E-state index in [-0.39, 0.29) is 11.1 Å². The third-order valence-corrected chi connectivity index (χ3v) is 3.09. The van der Waals surface area contributed by atoms with E-state index in [4.69, 9.17) is 5.26 Å². The van der Waals surface area contributed by atoms with Crippen molar-refractivity contribution in [1.82, 2.24) is 0 Å². The first-order chi connectivity index (χ1) is 8.52. The van der Waals surface area contributed by atoms with Crippen molar-refractivity contribution in [2.45, 2.75) is 31.9 Å². The van der Waals surface area contributed by atoms with Crippen LogP contribution in [-0.4, -0.2) is 0 Å². The summed E-state index contributed by atoms with van der Waals surface area (Å²) in [5, 5.41) is 8.70. The molecule has 0 aromatic heterocycles. The standard InChI is InChI=1S/C14H12F3N/c15-14(16,17)13-8-10(9-18)6-7-12(13)11-4-2-1-3-5-11/h4,6-8H,1-3,5H2. The number of alkyl halides is 3. The monoisotopic (exact) mass is 251 g/mol. The van der Waals surface area contributed by atoms with Gasteiger partial charge in [0, 0.05) is 0 Å². The molecule has 0 saturated carbocycles. The molecule has 1 aromatic carbocycles. The van der Waals surface area contributed by atoms with Crippen LogP contribution in [0.25, 0.3) is 5.57 Å². The molecule has 0 fully saturated rings. The van der Waals surface area contributed by atoms with E-state index in [0.29, 0.717) is 6.42 Å². The lowest BCUT2D eigenvalue weighted by Gasteiger charge is -2.18. The van der Waals surface area contributed by atoms with Gasteiger partial charge >= 0.3 is 6.18 Å².